The average Bonchev–Trinajstić information content (AvgIpc) is 2.26. The van der Waals surface area contributed by atoms with E-state index in [1.54, 1.807) is 6.07 Å². The van der Waals surface area contributed by atoms with Gasteiger partial charge in [0.05, 0.1) is 4.90 Å². The number of fused-ring (bicyclic) bond motifs is 1. The maximum atomic E-state index is 11.5. The van der Waals surface area contributed by atoms with Crippen LogP contribution in [0.1, 0.15) is 0 Å². The van der Waals surface area contributed by atoms with Gasteiger partial charge in [-0.1, -0.05) is 18.2 Å². The molecule has 1 heterocycles. The molecule has 0 saturated carbocycles. The Bertz CT molecular complexity index is 521. The smallest absolute Gasteiger partial charge is 0.350 e. The van der Waals surface area contributed by atoms with Gasteiger partial charge in [-0.15, -0.1) is 11.8 Å². The van der Waals surface area contributed by atoms with Gasteiger partial charge in [-0.3, -0.25) is 0 Å². The standard InChI is InChI=1S/C11H11NO2S/c12-5-6-15-10-7-8-3-1-2-4-9(8)14-11(10)13/h1-4,7H,5-6,12H2. The number of thioether (sulfide) groups is 1. The SMILES string of the molecule is NCCSc1cc2ccccc2oc1=O. The zero-order chi connectivity index (χ0) is 10.7. The lowest BCUT2D eigenvalue weighted by Gasteiger charge is -2.00. The lowest BCUT2D eigenvalue weighted by Crippen LogP contribution is -2.06. The molecule has 0 aliphatic rings. The normalized spacial score (nSPS) is 10.7. The predicted molar refractivity (Wildman–Crippen MR) is 62.3 cm³/mol. The van der Waals surface area contributed by atoms with Crippen molar-refractivity contribution in [3.63, 3.8) is 0 Å². The van der Waals surface area contributed by atoms with Crippen LogP contribution in [0.5, 0.6) is 0 Å². The van der Waals surface area contributed by atoms with Gasteiger partial charge in [0.1, 0.15) is 5.58 Å². The van der Waals surface area contributed by atoms with E-state index < -0.39 is 0 Å². The fourth-order valence-corrected chi connectivity index (χ4v) is 2.02. The monoisotopic (exact) mass is 221 g/mol. The molecule has 0 unspecified atom stereocenters. The Kier molecular flexibility index (Phi) is 3.08. The van der Waals surface area contributed by atoms with Crippen molar-refractivity contribution in [1.29, 1.82) is 0 Å². The van der Waals surface area contributed by atoms with Gasteiger partial charge in [-0.05, 0) is 12.1 Å². The van der Waals surface area contributed by atoms with Crippen molar-refractivity contribution < 1.29 is 4.42 Å². The minimum Gasteiger partial charge on any atom is -0.422 e. The number of para-hydroxylation sites is 1. The van der Waals surface area contributed by atoms with Crippen molar-refractivity contribution >= 4 is 22.7 Å². The fourth-order valence-electron chi connectivity index (χ4n) is 1.31. The van der Waals surface area contributed by atoms with Gasteiger partial charge in [-0.25, -0.2) is 4.79 Å². The Morgan fingerprint density at radius 3 is 2.93 bits per heavy atom. The van der Waals surface area contributed by atoms with Crippen molar-refractivity contribution in [2.24, 2.45) is 5.73 Å². The van der Waals surface area contributed by atoms with Gasteiger partial charge in [0.2, 0.25) is 0 Å². The van der Waals surface area contributed by atoms with E-state index >= 15 is 0 Å². The second-order valence-electron chi connectivity index (χ2n) is 3.07. The van der Waals surface area contributed by atoms with Crippen LogP contribution >= 0.6 is 11.8 Å². The number of benzene rings is 1. The highest BCUT2D eigenvalue weighted by Gasteiger charge is 2.04. The maximum absolute atomic E-state index is 11.5. The Hall–Kier alpha value is -1.26. The van der Waals surface area contributed by atoms with E-state index in [4.69, 9.17) is 10.2 Å². The van der Waals surface area contributed by atoms with E-state index in [0.29, 0.717) is 17.0 Å². The Morgan fingerprint density at radius 2 is 2.13 bits per heavy atom. The van der Waals surface area contributed by atoms with Crippen LogP contribution in [0.2, 0.25) is 0 Å². The minimum absolute atomic E-state index is 0.285. The number of rotatable bonds is 3. The van der Waals surface area contributed by atoms with Crippen LogP contribution in [0.15, 0.2) is 44.4 Å². The van der Waals surface area contributed by atoms with Crippen molar-refractivity contribution in [1.82, 2.24) is 0 Å². The van der Waals surface area contributed by atoms with Crippen LogP contribution in [0.25, 0.3) is 11.0 Å². The summed E-state index contributed by atoms with van der Waals surface area (Å²) in [4.78, 5) is 12.1. The van der Waals surface area contributed by atoms with Crippen molar-refractivity contribution in [3.8, 4) is 0 Å². The number of nitrogens with two attached hydrogens (primary N) is 1. The summed E-state index contributed by atoms with van der Waals surface area (Å²) in [6.45, 7) is 0.553. The summed E-state index contributed by atoms with van der Waals surface area (Å²) in [5.74, 6) is 0.725. The maximum Gasteiger partial charge on any atom is 0.350 e. The van der Waals surface area contributed by atoms with E-state index in [1.807, 2.05) is 24.3 Å². The molecule has 15 heavy (non-hydrogen) atoms. The third kappa shape index (κ3) is 2.22. The van der Waals surface area contributed by atoms with E-state index in [0.717, 1.165) is 11.1 Å². The molecule has 1 aromatic carbocycles. The van der Waals surface area contributed by atoms with E-state index in [-0.39, 0.29) is 5.63 Å². The highest BCUT2D eigenvalue weighted by atomic mass is 32.2. The van der Waals surface area contributed by atoms with Gasteiger partial charge >= 0.3 is 5.63 Å². The first-order valence-corrected chi connectivity index (χ1v) is 5.65. The van der Waals surface area contributed by atoms with Crippen LogP contribution in [0.4, 0.5) is 0 Å². The van der Waals surface area contributed by atoms with Crippen molar-refractivity contribution in [2.45, 2.75) is 4.90 Å². The van der Waals surface area contributed by atoms with Gasteiger partial charge < -0.3 is 10.2 Å². The molecule has 0 aliphatic heterocycles. The number of hydrogen-bond donors (Lipinski definition) is 1. The highest BCUT2D eigenvalue weighted by molar-refractivity contribution is 7.99. The highest BCUT2D eigenvalue weighted by Crippen LogP contribution is 2.19. The topological polar surface area (TPSA) is 56.2 Å². The molecule has 2 rings (SSSR count). The van der Waals surface area contributed by atoms with Crippen LogP contribution in [-0.4, -0.2) is 12.3 Å². The van der Waals surface area contributed by atoms with Gasteiger partial charge in [0.15, 0.2) is 0 Å². The molecule has 0 saturated heterocycles. The summed E-state index contributed by atoms with van der Waals surface area (Å²) in [5.41, 5.74) is 5.73. The quantitative estimate of drug-likeness (QED) is 0.634. The predicted octanol–water partition coefficient (Wildman–Crippen LogP) is 1.84. The van der Waals surface area contributed by atoms with Crippen LogP contribution in [0, 0.1) is 0 Å². The fraction of sp³-hybridized carbons (Fsp3) is 0.182. The van der Waals surface area contributed by atoms with Crippen molar-refractivity contribution in [3.05, 3.63) is 40.8 Å². The summed E-state index contributed by atoms with van der Waals surface area (Å²) >= 11 is 1.43. The summed E-state index contributed by atoms with van der Waals surface area (Å²) in [6, 6.07) is 9.32. The molecule has 3 nitrogen and oxygen atoms in total. The van der Waals surface area contributed by atoms with Crippen LogP contribution < -0.4 is 11.4 Å². The molecule has 0 aliphatic carbocycles. The van der Waals surface area contributed by atoms with Crippen molar-refractivity contribution in [2.75, 3.05) is 12.3 Å². The molecule has 0 bridgehead atoms. The Morgan fingerprint density at radius 1 is 1.33 bits per heavy atom. The number of hydrogen-bond acceptors (Lipinski definition) is 4. The van der Waals surface area contributed by atoms with E-state index in [1.165, 1.54) is 11.8 Å². The summed E-state index contributed by atoms with van der Waals surface area (Å²) in [7, 11) is 0. The third-order valence-corrected chi connectivity index (χ3v) is 3.02. The Balaban J connectivity index is 2.48. The van der Waals surface area contributed by atoms with Gasteiger partial charge in [-0.2, -0.15) is 0 Å². The molecular formula is C11H11NO2S. The summed E-state index contributed by atoms with van der Waals surface area (Å²) in [5, 5.41) is 0.941. The van der Waals surface area contributed by atoms with E-state index in [2.05, 4.69) is 0 Å². The minimum atomic E-state index is -0.285. The van der Waals surface area contributed by atoms with E-state index in [9.17, 15) is 4.79 Å². The molecule has 0 amide bonds. The molecule has 1 aromatic heterocycles. The van der Waals surface area contributed by atoms with Crippen LogP contribution in [-0.2, 0) is 0 Å². The third-order valence-electron chi connectivity index (χ3n) is 1.98. The van der Waals surface area contributed by atoms with Gasteiger partial charge in [0.25, 0.3) is 0 Å². The molecule has 0 atom stereocenters. The summed E-state index contributed by atoms with van der Waals surface area (Å²) in [6.07, 6.45) is 0. The first kappa shape index (κ1) is 10.3. The first-order valence-electron chi connectivity index (χ1n) is 4.67. The lowest BCUT2D eigenvalue weighted by molar-refractivity contribution is 0.544. The second kappa shape index (κ2) is 4.51. The average molecular weight is 221 g/mol. The largest absolute Gasteiger partial charge is 0.422 e. The molecule has 0 spiro atoms. The summed E-state index contributed by atoms with van der Waals surface area (Å²) < 4.78 is 5.17. The van der Waals surface area contributed by atoms with Gasteiger partial charge in [0, 0.05) is 17.7 Å². The lowest BCUT2D eigenvalue weighted by atomic mass is 10.2. The molecular weight excluding hydrogens is 210 g/mol. The molecule has 2 N–H and O–H groups in total. The molecule has 4 heteroatoms. The second-order valence-corrected chi connectivity index (χ2v) is 4.21. The molecule has 78 valence electrons. The zero-order valence-electron chi connectivity index (χ0n) is 8.10. The molecule has 0 fully saturated rings. The zero-order valence-corrected chi connectivity index (χ0v) is 8.92. The Labute approximate surface area is 91.3 Å². The van der Waals surface area contributed by atoms with Crippen LogP contribution in [0.3, 0.4) is 0 Å². The molecule has 2 aromatic rings. The first-order chi connectivity index (χ1) is 7.31. The molecule has 0 radical (unpaired) electrons.